The number of carbonyl (C=O) groups is 2. The number of carbonyl (C=O) groups excluding carboxylic acids is 2. The van der Waals surface area contributed by atoms with E-state index < -0.39 is 0 Å². The summed E-state index contributed by atoms with van der Waals surface area (Å²) >= 11 is 0. The van der Waals surface area contributed by atoms with Gasteiger partial charge in [-0.1, -0.05) is 0 Å². The molecule has 25 heavy (non-hydrogen) atoms. The standard InChI is InChI=1S/C19H28N2O4/c1-25-16(23)18-7-12-5-13(8-18)15(14(6-12)9-18)20-10-19(11-22)3-2-4-21(19)17(20)24/h12-15,22H,2-11H2,1H3. The van der Waals surface area contributed by atoms with Crippen molar-refractivity contribution in [1.29, 1.82) is 0 Å². The molecule has 0 radical (unpaired) electrons. The Hall–Kier alpha value is -1.30. The second kappa shape index (κ2) is 5.12. The molecule has 4 bridgehead atoms. The van der Waals surface area contributed by atoms with Crippen LogP contribution in [0.4, 0.5) is 4.79 Å². The number of hydrogen-bond donors (Lipinski definition) is 1. The summed E-state index contributed by atoms with van der Waals surface area (Å²) in [5, 5.41) is 9.98. The molecule has 0 aromatic rings. The van der Waals surface area contributed by atoms with Gasteiger partial charge >= 0.3 is 12.0 Å². The maximum absolute atomic E-state index is 13.1. The zero-order chi connectivity index (χ0) is 17.4. The Bertz CT molecular complexity index is 607. The summed E-state index contributed by atoms with van der Waals surface area (Å²) in [5.41, 5.74) is -0.652. The minimum absolute atomic E-state index is 0.0365. The van der Waals surface area contributed by atoms with E-state index in [1.165, 1.54) is 7.11 Å². The molecule has 3 unspecified atom stereocenters. The molecule has 2 aliphatic heterocycles. The van der Waals surface area contributed by atoms with E-state index in [-0.39, 0.29) is 35.6 Å². The molecule has 2 heterocycles. The maximum atomic E-state index is 13.1. The third-order valence-electron chi connectivity index (χ3n) is 8.03. The molecule has 4 aliphatic carbocycles. The van der Waals surface area contributed by atoms with Gasteiger partial charge in [-0.15, -0.1) is 0 Å². The van der Waals surface area contributed by atoms with Crippen LogP contribution in [0.2, 0.25) is 0 Å². The van der Waals surface area contributed by atoms with Crippen molar-refractivity contribution in [2.45, 2.75) is 56.5 Å². The fraction of sp³-hybridized carbons (Fsp3) is 0.895. The number of ether oxygens (including phenoxy) is 1. The largest absolute Gasteiger partial charge is 0.469 e. The summed E-state index contributed by atoms with van der Waals surface area (Å²) in [7, 11) is 1.50. The molecule has 2 amide bonds. The van der Waals surface area contributed by atoms with Gasteiger partial charge in [-0.25, -0.2) is 4.79 Å². The van der Waals surface area contributed by atoms with E-state index in [9.17, 15) is 14.7 Å². The van der Waals surface area contributed by atoms with Gasteiger partial charge in [-0.2, -0.15) is 0 Å². The van der Waals surface area contributed by atoms with Crippen LogP contribution in [0.1, 0.15) is 44.9 Å². The van der Waals surface area contributed by atoms with E-state index in [0.29, 0.717) is 24.3 Å². The normalized spacial score (nSPS) is 47.5. The third-order valence-corrected chi connectivity index (χ3v) is 8.03. The number of urea groups is 1. The number of esters is 1. The van der Waals surface area contributed by atoms with Crippen LogP contribution in [0.15, 0.2) is 0 Å². The van der Waals surface area contributed by atoms with Gasteiger partial charge in [0, 0.05) is 19.1 Å². The highest BCUT2D eigenvalue weighted by Gasteiger charge is 2.63. The second-order valence-electron chi connectivity index (χ2n) is 9.28. The van der Waals surface area contributed by atoms with Crippen molar-refractivity contribution in [3.8, 4) is 0 Å². The molecule has 4 saturated carbocycles. The molecular weight excluding hydrogens is 320 g/mol. The predicted octanol–water partition coefficient (Wildman–Crippen LogP) is 1.62. The van der Waals surface area contributed by atoms with Crippen LogP contribution in [0.25, 0.3) is 0 Å². The van der Waals surface area contributed by atoms with Crippen LogP contribution in [0.3, 0.4) is 0 Å². The van der Waals surface area contributed by atoms with Gasteiger partial charge in [0.25, 0.3) is 0 Å². The van der Waals surface area contributed by atoms with Crippen molar-refractivity contribution in [2.24, 2.45) is 23.2 Å². The first-order valence-corrected chi connectivity index (χ1v) is 9.79. The van der Waals surface area contributed by atoms with E-state index in [4.69, 9.17) is 4.74 Å². The highest BCUT2D eigenvalue weighted by Crippen LogP contribution is 2.62. The Morgan fingerprint density at radius 2 is 2.00 bits per heavy atom. The molecule has 6 aliphatic rings. The lowest BCUT2D eigenvalue weighted by Crippen LogP contribution is -2.61. The monoisotopic (exact) mass is 348 g/mol. The zero-order valence-corrected chi connectivity index (χ0v) is 14.9. The van der Waals surface area contributed by atoms with Crippen LogP contribution < -0.4 is 0 Å². The van der Waals surface area contributed by atoms with Crippen molar-refractivity contribution in [1.82, 2.24) is 9.80 Å². The highest BCUT2D eigenvalue weighted by molar-refractivity contribution is 5.80. The number of rotatable bonds is 3. The van der Waals surface area contributed by atoms with Crippen molar-refractivity contribution in [3.63, 3.8) is 0 Å². The topological polar surface area (TPSA) is 70.1 Å². The summed E-state index contributed by atoms with van der Waals surface area (Å²) in [6.07, 6.45) is 6.87. The number of aliphatic hydroxyl groups excluding tert-OH is 1. The maximum Gasteiger partial charge on any atom is 0.320 e. The molecule has 1 N–H and O–H groups in total. The summed E-state index contributed by atoms with van der Waals surface area (Å²) in [6, 6.07) is 0.368. The number of amides is 2. The molecule has 0 aromatic heterocycles. The van der Waals surface area contributed by atoms with Gasteiger partial charge in [0.1, 0.15) is 0 Å². The smallest absolute Gasteiger partial charge is 0.320 e. The number of hydrogen-bond acceptors (Lipinski definition) is 4. The fourth-order valence-electron chi connectivity index (χ4n) is 7.36. The van der Waals surface area contributed by atoms with Crippen molar-refractivity contribution < 1.29 is 19.4 Å². The first-order chi connectivity index (χ1) is 12.0. The molecule has 3 atom stereocenters. The van der Waals surface area contributed by atoms with Gasteiger partial charge in [-0.05, 0) is 62.7 Å². The summed E-state index contributed by atoms with van der Waals surface area (Å²) in [4.78, 5) is 29.6. The molecule has 6 heteroatoms. The number of methoxy groups -OCH3 is 1. The van der Waals surface area contributed by atoms with Crippen LogP contribution in [-0.4, -0.2) is 65.3 Å². The molecular formula is C19H28N2O4. The van der Waals surface area contributed by atoms with Gasteiger partial charge in [0.2, 0.25) is 0 Å². The van der Waals surface area contributed by atoms with E-state index in [1.54, 1.807) is 0 Å². The molecule has 138 valence electrons. The average Bonchev–Trinajstić information content (AvgIpc) is 3.12. The number of aliphatic hydroxyl groups is 1. The lowest BCUT2D eigenvalue weighted by molar-refractivity contribution is -0.174. The zero-order valence-electron chi connectivity index (χ0n) is 14.9. The van der Waals surface area contributed by atoms with Gasteiger partial charge in [0.05, 0.1) is 24.7 Å². The van der Waals surface area contributed by atoms with Crippen molar-refractivity contribution >= 4 is 12.0 Å². The quantitative estimate of drug-likeness (QED) is 0.787. The van der Waals surface area contributed by atoms with E-state index >= 15 is 0 Å². The molecule has 2 saturated heterocycles. The molecule has 6 rings (SSSR count). The Balaban J connectivity index is 1.44. The number of fused-ring (bicyclic) bond motifs is 1. The lowest BCUT2D eigenvalue weighted by atomic mass is 9.47. The fourth-order valence-corrected chi connectivity index (χ4v) is 7.36. The Labute approximate surface area is 148 Å². The number of nitrogens with zero attached hydrogens (tertiary/aromatic N) is 2. The Morgan fingerprint density at radius 3 is 2.60 bits per heavy atom. The van der Waals surface area contributed by atoms with Crippen molar-refractivity contribution in [3.05, 3.63) is 0 Å². The average molecular weight is 348 g/mol. The SMILES string of the molecule is COC(=O)C12CC3CC(C1)C(N1CC4(CO)CCCN4C1=O)C(C3)C2. The van der Waals surface area contributed by atoms with Gasteiger partial charge in [-0.3, -0.25) is 4.79 Å². The molecule has 6 fully saturated rings. The highest BCUT2D eigenvalue weighted by atomic mass is 16.5. The van der Waals surface area contributed by atoms with E-state index in [2.05, 4.69) is 4.90 Å². The van der Waals surface area contributed by atoms with E-state index in [1.807, 2.05) is 4.90 Å². The van der Waals surface area contributed by atoms with E-state index in [0.717, 1.165) is 51.5 Å². The second-order valence-corrected chi connectivity index (χ2v) is 9.28. The lowest BCUT2D eigenvalue weighted by Gasteiger charge is -2.60. The minimum Gasteiger partial charge on any atom is -0.469 e. The first kappa shape index (κ1) is 15.9. The summed E-state index contributed by atoms with van der Waals surface area (Å²) in [5.74, 6) is 1.39. The van der Waals surface area contributed by atoms with Crippen LogP contribution in [-0.2, 0) is 9.53 Å². The Morgan fingerprint density at radius 1 is 1.28 bits per heavy atom. The van der Waals surface area contributed by atoms with Crippen LogP contribution >= 0.6 is 0 Å². The minimum atomic E-state index is -0.355. The summed E-state index contributed by atoms with van der Waals surface area (Å²) in [6.45, 7) is 1.49. The Kier molecular flexibility index (Phi) is 3.26. The van der Waals surface area contributed by atoms with Gasteiger partial charge < -0.3 is 19.6 Å². The molecule has 0 aromatic carbocycles. The predicted molar refractivity (Wildman–Crippen MR) is 89.7 cm³/mol. The first-order valence-electron chi connectivity index (χ1n) is 9.79. The van der Waals surface area contributed by atoms with Crippen molar-refractivity contribution in [2.75, 3.05) is 26.8 Å². The summed E-state index contributed by atoms with van der Waals surface area (Å²) < 4.78 is 5.15. The molecule has 6 nitrogen and oxygen atoms in total. The van der Waals surface area contributed by atoms with Crippen LogP contribution in [0.5, 0.6) is 0 Å². The van der Waals surface area contributed by atoms with Crippen LogP contribution in [0, 0.1) is 23.2 Å². The third kappa shape index (κ3) is 1.95. The van der Waals surface area contributed by atoms with Gasteiger partial charge in [0.15, 0.2) is 0 Å². The molecule has 0 spiro atoms.